The number of hydrogen-bond acceptors (Lipinski definition) is 3. The minimum absolute atomic E-state index is 0.198. The van der Waals surface area contributed by atoms with Gasteiger partial charge < -0.3 is 0 Å². The third-order valence-electron chi connectivity index (χ3n) is 4.07. The van der Waals surface area contributed by atoms with Crippen LogP contribution in [0.25, 0.3) is 10.9 Å². The van der Waals surface area contributed by atoms with Crippen LogP contribution in [0.4, 0.5) is 0 Å². The maximum Gasteiger partial charge on any atom is 0.270 e. The Morgan fingerprint density at radius 3 is 2.86 bits per heavy atom. The molecule has 0 aliphatic heterocycles. The molecule has 0 unspecified atom stereocenters. The highest BCUT2D eigenvalue weighted by Crippen LogP contribution is 2.38. The van der Waals surface area contributed by atoms with Crippen LogP contribution in [0.1, 0.15) is 30.4 Å². The monoisotopic (exact) mass is 314 g/mol. The zero-order chi connectivity index (χ0) is 15.3. The fourth-order valence-electron chi connectivity index (χ4n) is 2.68. The maximum absolute atomic E-state index is 12.4. The number of hydrogen-bond donors (Lipinski definition) is 0. The van der Waals surface area contributed by atoms with Crippen molar-refractivity contribution in [3.63, 3.8) is 0 Å². The highest BCUT2D eigenvalue weighted by Gasteiger charge is 2.28. The first kappa shape index (κ1) is 13.5. The lowest BCUT2D eigenvalue weighted by atomic mass is 10.2. The van der Waals surface area contributed by atoms with Gasteiger partial charge in [0.25, 0.3) is 5.56 Å². The van der Waals surface area contributed by atoms with Gasteiger partial charge in [-0.3, -0.25) is 14.0 Å². The largest absolute Gasteiger partial charge is 0.299 e. The van der Waals surface area contributed by atoms with E-state index in [1.165, 1.54) is 0 Å². The first-order chi connectivity index (χ1) is 10.6. The predicted molar refractivity (Wildman–Crippen MR) is 85.3 cm³/mol. The predicted octanol–water partition coefficient (Wildman–Crippen LogP) is 2.71. The van der Waals surface area contributed by atoms with Gasteiger partial charge in [-0.15, -0.1) is 0 Å². The van der Waals surface area contributed by atoms with Gasteiger partial charge in [-0.2, -0.15) is 5.10 Å². The number of fused-ring (bicyclic) bond motifs is 1. The fraction of sp³-hybridized carbons (Fsp3) is 0.312. The maximum atomic E-state index is 12.4. The fourth-order valence-corrected chi connectivity index (χ4v) is 2.90. The zero-order valence-corrected chi connectivity index (χ0v) is 12.9. The molecule has 0 spiro atoms. The van der Waals surface area contributed by atoms with Crippen LogP contribution in [-0.2, 0) is 13.6 Å². The first-order valence-corrected chi connectivity index (χ1v) is 7.69. The summed E-state index contributed by atoms with van der Waals surface area (Å²) in [5.74, 6) is 2.15. The first-order valence-electron chi connectivity index (χ1n) is 7.31. The Balaban J connectivity index is 1.84. The van der Waals surface area contributed by atoms with E-state index < -0.39 is 0 Å². The van der Waals surface area contributed by atoms with Gasteiger partial charge in [0.15, 0.2) is 5.82 Å². The van der Waals surface area contributed by atoms with Crippen LogP contribution in [-0.4, -0.2) is 19.3 Å². The van der Waals surface area contributed by atoms with E-state index >= 15 is 0 Å². The lowest BCUT2D eigenvalue weighted by molar-refractivity contribution is 0.651. The van der Waals surface area contributed by atoms with Crippen LogP contribution in [0.15, 0.2) is 35.1 Å². The summed E-state index contributed by atoms with van der Waals surface area (Å²) in [5, 5.41) is 5.62. The molecule has 0 N–H and O–H groups in total. The molecule has 3 aromatic rings. The molecule has 1 saturated carbocycles. The molecule has 0 saturated heterocycles. The van der Waals surface area contributed by atoms with Crippen molar-refractivity contribution in [2.75, 3.05) is 0 Å². The minimum atomic E-state index is -0.198. The van der Waals surface area contributed by atoms with E-state index in [9.17, 15) is 4.79 Å². The highest BCUT2D eigenvalue weighted by atomic mass is 35.5. The van der Waals surface area contributed by atoms with Crippen molar-refractivity contribution in [2.45, 2.75) is 25.3 Å². The molecule has 5 nitrogen and oxygen atoms in total. The molecule has 1 fully saturated rings. The molecule has 1 aromatic carbocycles. The molecule has 0 radical (unpaired) electrons. The Morgan fingerprint density at radius 2 is 2.09 bits per heavy atom. The summed E-state index contributed by atoms with van der Waals surface area (Å²) in [5.41, 5.74) is 0.657. The van der Waals surface area contributed by atoms with Crippen LogP contribution in [0, 0.1) is 0 Å². The molecule has 112 valence electrons. The van der Waals surface area contributed by atoms with Crippen LogP contribution in [0.2, 0.25) is 5.02 Å². The summed E-state index contributed by atoms with van der Waals surface area (Å²) in [6.07, 6.45) is 2.31. The summed E-state index contributed by atoms with van der Waals surface area (Å²) in [6, 6.07) is 9.43. The third-order valence-corrected chi connectivity index (χ3v) is 4.34. The molecule has 0 amide bonds. The molecule has 0 bridgehead atoms. The SMILES string of the molecule is Cn1nc(C2CC2)nc1Cn1c(=O)c(Cl)cc2ccccc21. The average Bonchev–Trinajstić information content (AvgIpc) is 3.29. The minimum Gasteiger partial charge on any atom is -0.299 e. The normalized spacial score (nSPS) is 14.6. The van der Waals surface area contributed by atoms with Crippen molar-refractivity contribution < 1.29 is 0 Å². The Labute approximate surface area is 132 Å². The molecule has 1 aliphatic rings. The van der Waals surface area contributed by atoms with E-state index in [-0.39, 0.29) is 10.6 Å². The van der Waals surface area contributed by atoms with Crippen LogP contribution in [0.5, 0.6) is 0 Å². The Bertz CT molecular complexity index is 924. The second kappa shape index (κ2) is 4.95. The number of aryl methyl sites for hydroxylation is 1. The summed E-state index contributed by atoms with van der Waals surface area (Å²) in [4.78, 5) is 17.0. The van der Waals surface area contributed by atoms with Crippen molar-refractivity contribution in [1.29, 1.82) is 0 Å². The number of nitrogens with zero attached hydrogens (tertiary/aromatic N) is 4. The number of rotatable bonds is 3. The van der Waals surface area contributed by atoms with Crippen molar-refractivity contribution >= 4 is 22.5 Å². The van der Waals surface area contributed by atoms with Crippen molar-refractivity contribution in [3.05, 3.63) is 57.4 Å². The Kier molecular flexibility index (Phi) is 3.04. The van der Waals surface area contributed by atoms with E-state index in [0.717, 1.165) is 35.4 Å². The molecular weight excluding hydrogens is 300 g/mol. The second-order valence-electron chi connectivity index (χ2n) is 5.73. The van der Waals surface area contributed by atoms with E-state index in [2.05, 4.69) is 10.1 Å². The molecule has 22 heavy (non-hydrogen) atoms. The van der Waals surface area contributed by atoms with Gasteiger partial charge in [0.2, 0.25) is 0 Å². The Hall–Kier alpha value is -2.14. The summed E-state index contributed by atoms with van der Waals surface area (Å²) in [7, 11) is 1.87. The van der Waals surface area contributed by atoms with E-state index in [1.807, 2.05) is 31.3 Å². The number of halogens is 1. The quantitative estimate of drug-likeness (QED) is 0.747. The number of aromatic nitrogens is 4. The van der Waals surface area contributed by atoms with Gasteiger partial charge in [-0.25, -0.2) is 4.98 Å². The molecule has 6 heteroatoms. The molecule has 2 heterocycles. The summed E-state index contributed by atoms with van der Waals surface area (Å²) in [6.45, 7) is 0.371. The number of para-hydroxylation sites is 1. The van der Waals surface area contributed by atoms with Gasteiger partial charge in [0, 0.05) is 13.0 Å². The van der Waals surface area contributed by atoms with Crippen molar-refractivity contribution in [2.24, 2.45) is 7.05 Å². The lowest BCUT2D eigenvalue weighted by Crippen LogP contribution is -2.23. The molecule has 0 atom stereocenters. The van der Waals surface area contributed by atoms with Crippen molar-refractivity contribution in [3.8, 4) is 0 Å². The van der Waals surface area contributed by atoms with E-state index in [4.69, 9.17) is 11.6 Å². The van der Waals surface area contributed by atoms with Crippen LogP contribution < -0.4 is 5.56 Å². The molecule has 2 aromatic heterocycles. The highest BCUT2D eigenvalue weighted by molar-refractivity contribution is 6.31. The van der Waals surface area contributed by atoms with Gasteiger partial charge in [0.05, 0.1) is 12.1 Å². The summed E-state index contributed by atoms with van der Waals surface area (Å²) >= 11 is 6.09. The van der Waals surface area contributed by atoms with Gasteiger partial charge in [-0.1, -0.05) is 29.8 Å². The smallest absolute Gasteiger partial charge is 0.270 e. The molecule has 1 aliphatic carbocycles. The van der Waals surface area contributed by atoms with Crippen molar-refractivity contribution in [1.82, 2.24) is 19.3 Å². The third kappa shape index (κ3) is 2.22. The average molecular weight is 315 g/mol. The zero-order valence-electron chi connectivity index (χ0n) is 12.2. The second-order valence-corrected chi connectivity index (χ2v) is 6.13. The van der Waals surface area contributed by atoms with Gasteiger partial charge in [0.1, 0.15) is 10.8 Å². The molecule has 4 rings (SSSR count). The van der Waals surface area contributed by atoms with Crippen LogP contribution >= 0.6 is 11.6 Å². The van der Waals surface area contributed by atoms with Gasteiger partial charge >= 0.3 is 0 Å². The van der Waals surface area contributed by atoms with E-state index in [1.54, 1.807) is 15.3 Å². The topological polar surface area (TPSA) is 52.7 Å². The lowest BCUT2D eigenvalue weighted by Gasteiger charge is -2.10. The number of pyridine rings is 1. The number of benzene rings is 1. The van der Waals surface area contributed by atoms with E-state index in [0.29, 0.717) is 12.5 Å². The Morgan fingerprint density at radius 1 is 1.32 bits per heavy atom. The standard InChI is InChI=1S/C16H15ClN4O/c1-20-14(18-15(19-20)10-6-7-10)9-21-13-5-3-2-4-11(13)8-12(17)16(21)22/h2-5,8,10H,6-7,9H2,1H3. The molecular formula is C16H15ClN4O. The van der Waals surface area contributed by atoms with Crippen LogP contribution in [0.3, 0.4) is 0 Å². The van der Waals surface area contributed by atoms with Gasteiger partial charge in [-0.05, 0) is 30.4 Å². The summed E-state index contributed by atoms with van der Waals surface area (Å²) < 4.78 is 3.42.